The van der Waals surface area contributed by atoms with Crippen molar-refractivity contribution < 1.29 is 24.5 Å². The van der Waals surface area contributed by atoms with Crippen molar-refractivity contribution in [2.45, 2.75) is 12.6 Å². The van der Waals surface area contributed by atoms with Crippen LogP contribution in [0.3, 0.4) is 0 Å². The number of carbonyl (C=O) groups excluding carboxylic acids is 1. The first-order valence-corrected chi connectivity index (χ1v) is 5.31. The van der Waals surface area contributed by atoms with Crippen molar-refractivity contribution in [3.05, 3.63) is 35.4 Å². The second kappa shape index (κ2) is 6.73. The van der Waals surface area contributed by atoms with Gasteiger partial charge in [0.15, 0.2) is 6.04 Å². The Morgan fingerprint density at radius 3 is 2.39 bits per heavy atom. The molecule has 3 N–H and O–H groups in total. The van der Waals surface area contributed by atoms with Gasteiger partial charge < -0.3 is 20.3 Å². The summed E-state index contributed by atoms with van der Waals surface area (Å²) < 4.78 is 4.93. The number of carboxylic acids is 1. The number of carbonyl (C=O) groups is 2. The van der Waals surface area contributed by atoms with Gasteiger partial charge in [0.05, 0.1) is 13.2 Å². The van der Waals surface area contributed by atoms with E-state index in [-0.39, 0.29) is 0 Å². The summed E-state index contributed by atoms with van der Waals surface area (Å²) in [6, 6.07) is 5.27. The molecular weight excluding hydrogens is 238 g/mol. The lowest BCUT2D eigenvalue weighted by molar-refractivity contribution is -0.140. The summed E-state index contributed by atoms with van der Waals surface area (Å²) in [6.07, 6.45) is 0. The van der Waals surface area contributed by atoms with Gasteiger partial charge in [-0.2, -0.15) is 0 Å². The molecule has 0 unspecified atom stereocenters. The number of hydrogen-bond donors (Lipinski definition) is 3. The van der Waals surface area contributed by atoms with Gasteiger partial charge in [-0.1, -0.05) is 12.1 Å². The SMILES string of the molecule is COCc1ccc(C(=O)N[C@@H](CO)C(=O)O)cc1. The van der Waals surface area contributed by atoms with Crippen LogP contribution in [0.4, 0.5) is 0 Å². The Balaban J connectivity index is 2.69. The summed E-state index contributed by atoms with van der Waals surface area (Å²) in [5.41, 5.74) is 1.24. The maximum absolute atomic E-state index is 11.7. The fourth-order valence-electron chi connectivity index (χ4n) is 1.35. The first kappa shape index (κ1) is 14.1. The topological polar surface area (TPSA) is 95.9 Å². The molecule has 18 heavy (non-hydrogen) atoms. The lowest BCUT2D eigenvalue weighted by Gasteiger charge is -2.11. The van der Waals surface area contributed by atoms with Gasteiger partial charge in [-0.05, 0) is 17.7 Å². The fraction of sp³-hybridized carbons (Fsp3) is 0.333. The molecule has 0 fully saturated rings. The number of aliphatic hydroxyl groups excluding tert-OH is 1. The van der Waals surface area contributed by atoms with Gasteiger partial charge in [-0.25, -0.2) is 4.79 Å². The standard InChI is InChI=1S/C12H15NO5/c1-18-7-8-2-4-9(5-3-8)11(15)13-10(6-14)12(16)17/h2-5,10,14H,6-7H2,1H3,(H,13,15)(H,16,17)/t10-/m0/s1. The maximum Gasteiger partial charge on any atom is 0.328 e. The lowest BCUT2D eigenvalue weighted by Crippen LogP contribution is -2.43. The Bertz CT molecular complexity index is 415. The summed E-state index contributed by atoms with van der Waals surface area (Å²) in [5.74, 6) is -1.82. The predicted octanol–water partition coefficient (Wildman–Crippen LogP) is 0.00830. The molecule has 0 radical (unpaired) electrons. The molecule has 0 saturated carbocycles. The third kappa shape index (κ3) is 3.83. The van der Waals surface area contributed by atoms with E-state index in [1.54, 1.807) is 31.4 Å². The molecule has 1 aromatic carbocycles. The molecule has 0 aliphatic rings. The van der Waals surface area contributed by atoms with E-state index in [4.69, 9.17) is 14.9 Å². The van der Waals surface area contributed by atoms with E-state index in [0.717, 1.165) is 5.56 Å². The summed E-state index contributed by atoms with van der Waals surface area (Å²) >= 11 is 0. The van der Waals surface area contributed by atoms with Crippen molar-refractivity contribution in [2.75, 3.05) is 13.7 Å². The van der Waals surface area contributed by atoms with Crippen molar-refractivity contribution in [1.29, 1.82) is 0 Å². The predicted molar refractivity (Wildman–Crippen MR) is 63.1 cm³/mol. The van der Waals surface area contributed by atoms with Gasteiger partial charge in [0, 0.05) is 12.7 Å². The van der Waals surface area contributed by atoms with Gasteiger partial charge >= 0.3 is 5.97 Å². The van der Waals surface area contributed by atoms with E-state index < -0.39 is 24.5 Å². The zero-order valence-corrected chi connectivity index (χ0v) is 9.92. The number of methoxy groups -OCH3 is 1. The highest BCUT2D eigenvalue weighted by atomic mass is 16.5. The van der Waals surface area contributed by atoms with Crippen molar-refractivity contribution in [2.24, 2.45) is 0 Å². The summed E-state index contributed by atoms with van der Waals surface area (Å²) in [4.78, 5) is 22.3. The molecule has 0 spiro atoms. The normalized spacial score (nSPS) is 11.9. The van der Waals surface area contributed by atoms with E-state index >= 15 is 0 Å². The van der Waals surface area contributed by atoms with Crippen LogP contribution in [0.5, 0.6) is 0 Å². The molecule has 0 bridgehead atoms. The van der Waals surface area contributed by atoms with Crippen LogP contribution in [0.2, 0.25) is 0 Å². The number of nitrogens with one attached hydrogen (secondary N) is 1. The highest BCUT2D eigenvalue weighted by Crippen LogP contribution is 2.05. The third-order valence-corrected chi connectivity index (χ3v) is 2.31. The molecule has 6 heteroatoms. The molecule has 0 heterocycles. The Hall–Kier alpha value is -1.92. The van der Waals surface area contributed by atoms with Gasteiger partial charge in [-0.3, -0.25) is 4.79 Å². The molecule has 0 aromatic heterocycles. The number of hydrogen-bond acceptors (Lipinski definition) is 4. The summed E-state index contributed by atoms with van der Waals surface area (Å²) in [6.45, 7) is -0.209. The summed E-state index contributed by atoms with van der Waals surface area (Å²) in [5, 5.41) is 19.7. The Kier molecular flexibility index (Phi) is 5.29. The average Bonchev–Trinajstić information content (AvgIpc) is 2.36. The van der Waals surface area contributed by atoms with Gasteiger partial charge in [0.1, 0.15) is 0 Å². The number of amides is 1. The molecule has 0 aliphatic heterocycles. The largest absolute Gasteiger partial charge is 0.480 e. The van der Waals surface area contributed by atoms with Crippen molar-refractivity contribution in [3.8, 4) is 0 Å². The fourth-order valence-corrected chi connectivity index (χ4v) is 1.35. The average molecular weight is 253 g/mol. The molecule has 1 rings (SSSR count). The third-order valence-electron chi connectivity index (χ3n) is 2.31. The van der Waals surface area contributed by atoms with Crippen LogP contribution in [0.15, 0.2) is 24.3 Å². The zero-order valence-electron chi connectivity index (χ0n) is 9.92. The number of aliphatic carboxylic acids is 1. The molecule has 1 aromatic rings. The molecule has 0 saturated heterocycles. The van der Waals surface area contributed by atoms with Crippen LogP contribution in [-0.2, 0) is 16.1 Å². The minimum atomic E-state index is -1.30. The quantitative estimate of drug-likeness (QED) is 0.663. The van der Waals surface area contributed by atoms with Gasteiger partial charge in [0.25, 0.3) is 5.91 Å². The molecular formula is C12H15NO5. The van der Waals surface area contributed by atoms with Crippen LogP contribution in [0, 0.1) is 0 Å². The van der Waals surface area contributed by atoms with Crippen LogP contribution >= 0.6 is 0 Å². The van der Waals surface area contributed by atoms with Crippen LogP contribution in [0.1, 0.15) is 15.9 Å². The Morgan fingerprint density at radius 1 is 1.33 bits per heavy atom. The zero-order chi connectivity index (χ0) is 13.5. The number of carboxylic acid groups (broad SMARTS) is 1. The highest BCUT2D eigenvalue weighted by molar-refractivity contribution is 5.96. The summed E-state index contributed by atoms with van der Waals surface area (Å²) in [7, 11) is 1.57. The lowest BCUT2D eigenvalue weighted by atomic mass is 10.1. The van der Waals surface area contributed by atoms with E-state index in [1.807, 2.05) is 0 Å². The van der Waals surface area contributed by atoms with Gasteiger partial charge in [0.2, 0.25) is 0 Å². The molecule has 1 amide bonds. The van der Waals surface area contributed by atoms with Crippen LogP contribution < -0.4 is 5.32 Å². The first-order valence-electron chi connectivity index (χ1n) is 5.31. The molecule has 6 nitrogen and oxygen atoms in total. The molecule has 98 valence electrons. The van der Waals surface area contributed by atoms with E-state index in [1.165, 1.54) is 0 Å². The van der Waals surface area contributed by atoms with Gasteiger partial charge in [-0.15, -0.1) is 0 Å². The number of rotatable bonds is 6. The van der Waals surface area contributed by atoms with Crippen molar-refractivity contribution in [3.63, 3.8) is 0 Å². The van der Waals surface area contributed by atoms with E-state index in [9.17, 15) is 9.59 Å². The van der Waals surface area contributed by atoms with Crippen LogP contribution in [0.25, 0.3) is 0 Å². The minimum absolute atomic E-state index is 0.328. The highest BCUT2D eigenvalue weighted by Gasteiger charge is 2.19. The Morgan fingerprint density at radius 2 is 1.94 bits per heavy atom. The number of aliphatic hydroxyl groups is 1. The second-order valence-electron chi connectivity index (χ2n) is 3.68. The number of benzene rings is 1. The Labute approximate surface area is 104 Å². The molecule has 0 aliphatic carbocycles. The monoisotopic (exact) mass is 253 g/mol. The number of ether oxygens (including phenoxy) is 1. The first-order chi connectivity index (χ1) is 8.58. The smallest absolute Gasteiger partial charge is 0.328 e. The van der Waals surface area contributed by atoms with Crippen molar-refractivity contribution >= 4 is 11.9 Å². The van der Waals surface area contributed by atoms with Crippen molar-refractivity contribution in [1.82, 2.24) is 5.32 Å². The second-order valence-corrected chi connectivity index (χ2v) is 3.68. The van der Waals surface area contributed by atoms with E-state index in [0.29, 0.717) is 12.2 Å². The maximum atomic E-state index is 11.7. The minimum Gasteiger partial charge on any atom is -0.480 e. The van der Waals surface area contributed by atoms with E-state index in [2.05, 4.69) is 5.32 Å². The molecule has 1 atom stereocenters. The van der Waals surface area contributed by atoms with Crippen LogP contribution in [-0.4, -0.2) is 41.8 Å².